The molecule has 0 amide bonds. The minimum Gasteiger partial charge on any atom is -0.146 e. The molecule has 0 aliphatic heterocycles. The molecule has 0 nitrogen and oxygen atoms in total. The fraction of sp³-hybridized carbons (Fsp3) is 0.314. The van der Waals surface area contributed by atoms with E-state index >= 15 is 0 Å². The zero-order valence-electron chi connectivity index (χ0n) is 24.4. The second-order valence-corrected chi connectivity index (χ2v) is 9.56. The molecule has 0 N–H and O–H groups in total. The van der Waals surface area contributed by atoms with E-state index in [-0.39, 0.29) is 0 Å². The maximum absolute atomic E-state index is 2.24. The summed E-state index contributed by atoms with van der Waals surface area (Å²) in [6, 6.07) is 34.2. The van der Waals surface area contributed by atoms with Crippen LogP contribution in [-0.2, 0) is 0 Å². The van der Waals surface area contributed by atoms with E-state index in [0.717, 1.165) is 0 Å². The first kappa shape index (κ1) is 33.1. The molecule has 4 aromatic carbocycles. The molecule has 36 heavy (non-hydrogen) atoms. The van der Waals surface area contributed by atoms with Gasteiger partial charge in [0.1, 0.15) is 0 Å². The molecule has 1 aromatic heterocycles. The molecule has 0 saturated heterocycles. The molecule has 1 heterocycles. The summed E-state index contributed by atoms with van der Waals surface area (Å²) >= 11 is 1.84. The molecule has 5 aromatic rings. The van der Waals surface area contributed by atoms with E-state index in [2.05, 4.69) is 139 Å². The van der Waals surface area contributed by atoms with Gasteiger partial charge >= 0.3 is 0 Å². The lowest BCUT2D eigenvalue weighted by Crippen LogP contribution is -1.74. The summed E-state index contributed by atoms with van der Waals surface area (Å²) in [5.41, 5.74) is 2.66. The van der Waals surface area contributed by atoms with Crippen molar-refractivity contribution >= 4 is 32.9 Å². The molecule has 5 rings (SSSR count). The second-order valence-electron chi connectivity index (χ2n) is 8.07. The van der Waals surface area contributed by atoms with Crippen LogP contribution in [-0.4, -0.2) is 0 Å². The fourth-order valence-electron chi connectivity index (χ4n) is 3.08. The number of aryl methyl sites for hydroxylation is 4. The Bertz CT molecular complexity index is 1050. The number of benzene rings is 4. The first-order chi connectivity index (χ1) is 17.4. The van der Waals surface area contributed by atoms with Crippen LogP contribution in [0.2, 0.25) is 0 Å². The minimum absolute atomic E-state index is 1.25. The van der Waals surface area contributed by atoms with Gasteiger partial charge in [0, 0.05) is 9.75 Å². The molecular weight excluding hydrogens is 452 g/mol. The predicted octanol–water partition coefficient (Wildman–Crippen LogP) is 12.1. The van der Waals surface area contributed by atoms with Crippen LogP contribution in [0.4, 0.5) is 0 Å². The van der Waals surface area contributed by atoms with E-state index in [0.29, 0.717) is 0 Å². The lowest BCUT2D eigenvalue weighted by Gasteiger charge is -2.00. The Morgan fingerprint density at radius 2 is 0.694 bits per heavy atom. The van der Waals surface area contributed by atoms with Crippen molar-refractivity contribution in [3.8, 4) is 0 Å². The summed E-state index contributed by atoms with van der Waals surface area (Å²) in [6.07, 6.45) is 1.25. The lowest BCUT2D eigenvalue weighted by molar-refractivity contribution is 1.09. The Labute approximate surface area is 226 Å². The van der Waals surface area contributed by atoms with Crippen molar-refractivity contribution < 1.29 is 0 Å². The minimum atomic E-state index is 1.25. The Morgan fingerprint density at radius 3 is 0.889 bits per heavy atom. The normalized spacial score (nSPS) is 8.94. The highest BCUT2D eigenvalue weighted by Gasteiger charge is 1.95. The largest absolute Gasteiger partial charge is 0.146 e. The molecule has 0 atom stereocenters. The van der Waals surface area contributed by atoms with Gasteiger partial charge < -0.3 is 0 Å². The molecule has 0 aliphatic rings. The number of hydrogen-bond acceptors (Lipinski definition) is 1. The number of hydrogen-bond donors (Lipinski definition) is 0. The molecule has 194 valence electrons. The summed E-state index contributed by atoms with van der Waals surface area (Å²) in [5, 5.41) is 5.25. The van der Waals surface area contributed by atoms with E-state index in [1.54, 1.807) is 0 Å². The number of fused-ring (bicyclic) bond motifs is 2. The van der Waals surface area contributed by atoms with Crippen LogP contribution in [0.15, 0.2) is 97.1 Å². The van der Waals surface area contributed by atoms with Gasteiger partial charge in [0.15, 0.2) is 0 Å². The van der Waals surface area contributed by atoms with Gasteiger partial charge in [-0.3, -0.25) is 0 Å². The maximum atomic E-state index is 2.24. The van der Waals surface area contributed by atoms with Crippen LogP contribution in [0.3, 0.4) is 0 Å². The summed E-state index contributed by atoms with van der Waals surface area (Å²) in [7, 11) is 0. The average Bonchev–Trinajstić information content (AvgIpc) is 3.30. The van der Waals surface area contributed by atoms with E-state index in [1.165, 1.54) is 48.8 Å². The van der Waals surface area contributed by atoms with Gasteiger partial charge in [0.05, 0.1) is 0 Å². The van der Waals surface area contributed by atoms with E-state index in [9.17, 15) is 0 Å². The van der Waals surface area contributed by atoms with Crippen LogP contribution in [0, 0.1) is 27.7 Å². The zero-order valence-corrected chi connectivity index (χ0v) is 25.2. The molecule has 0 spiro atoms. The summed E-state index contributed by atoms with van der Waals surface area (Å²) in [6.45, 7) is 20.7. The molecule has 0 bridgehead atoms. The van der Waals surface area contributed by atoms with Gasteiger partial charge in [-0.1, -0.05) is 132 Å². The van der Waals surface area contributed by atoms with Gasteiger partial charge in [-0.25, -0.2) is 0 Å². The lowest BCUT2D eigenvalue weighted by atomic mass is 10.0. The summed E-state index contributed by atoms with van der Waals surface area (Å²) in [5.74, 6) is 0. The van der Waals surface area contributed by atoms with Crippen molar-refractivity contribution in [2.24, 2.45) is 0 Å². The maximum Gasteiger partial charge on any atom is 0.00170 e. The van der Waals surface area contributed by atoms with Crippen LogP contribution >= 0.6 is 11.3 Å². The number of thiophene rings is 1. The highest BCUT2D eigenvalue weighted by atomic mass is 32.1. The number of rotatable bonds is 0. The first-order valence-corrected chi connectivity index (χ1v) is 14.2. The smallest absolute Gasteiger partial charge is 0.00170 e. The van der Waals surface area contributed by atoms with Gasteiger partial charge in [-0.15, -0.1) is 11.3 Å². The van der Waals surface area contributed by atoms with E-state index in [4.69, 9.17) is 0 Å². The highest BCUT2D eigenvalue weighted by Crippen LogP contribution is 2.22. The van der Waals surface area contributed by atoms with Crippen molar-refractivity contribution in [3.05, 3.63) is 118 Å². The quantitative estimate of drug-likeness (QED) is 0.185. The molecule has 0 unspecified atom stereocenters. The molecule has 0 radical (unpaired) electrons. The summed E-state index contributed by atoms with van der Waals surface area (Å²) in [4.78, 5) is 2.80. The zero-order chi connectivity index (χ0) is 27.3. The second kappa shape index (κ2) is 20.3. The molecule has 0 aliphatic carbocycles. The molecule has 0 fully saturated rings. The Balaban J connectivity index is 0.000000481. The van der Waals surface area contributed by atoms with Crippen molar-refractivity contribution in [1.82, 2.24) is 0 Å². The molecular formula is C35H48S. The topological polar surface area (TPSA) is 0 Å². The van der Waals surface area contributed by atoms with Crippen molar-refractivity contribution in [3.63, 3.8) is 0 Å². The highest BCUT2D eigenvalue weighted by molar-refractivity contribution is 7.11. The van der Waals surface area contributed by atoms with Crippen molar-refractivity contribution in [2.75, 3.05) is 0 Å². The third-order valence-corrected chi connectivity index (χ3v) is 5.62. The van der Waals surface area contributed by atoms with Crippen molar-refractivity contribution in [1.29, 1.82) is 0 Å². The van der Waals surface area contributed by atoms with Gasteiger partial charge in [-0.05, 0) is 73.5 Å². The van der Waals surface area contributed by atoms with E-state index in [1.807, 2.05) is 39.0 Å². The average molecular weight is 501 g/mol. The standard InChI is InChI=1S/C14H10.C8H10.C6H8S.C3H8.2C2H6/c1-2-6-12-10-14-8-4-3-7-13(14)9-11(12)5-1;1-7-3-5-8(2)6-4-7;1-5-3-4-6(2)7-5;1-3-2;2*1-2/h1-10H;3-6H,1-2H3;3-4H,1-2H3;3H2,1-2H3;2*1-2H3. The van der Waals surface area contributed by atoms with Crippen LogP contribution < -0.4 is 0 Å². The Morgan fingerprint density at radius 1 is 0.444 bits per heavy atom. The SMILES string of the molecule is CC.CC.CCC.Cc1ccc(C)cc1.Cc1ccc(C)s1.c1ccc2cc3ccccc3cc2c1. The van der Waals surface area contributed by atoms with Crippen LogP contribution in [0.25, 0.3) is 21.5 Å². The molecule has 0 saturated carbocycles. The molecule has 1 heteroatoms. The van der Waals surface area contributed by atoms with Gasteiger partial charge in [-0.2, -0.15) is 0 Å². The fourth-order valence-corrected chi connectivity index (χ4v) is 3.86. The van der Waals surface area contributed by atoms with Gasteiger partial charge in [0.25, 0.3) is 0 Å². The van der Waals surface area contributed by atoms with Gasteiger partial charge in [0.2, 0.25) is 0 Å². The Kier molecular flexibility index (Phi) is 18.7. The van der Waals surface area contributed by atoms with E-state index < -0.39 is 0 Å². The Hall–Kier alpha value is -2.90. The third kappa shape index (κ3) is 13.3. The predicted molar refractivity (Wildman–Crippen MR) is 170 cm³/mol. The van der Waals surface area contributed by atoms with Crippen LogP contribution in [0.1, 0.15) is 68.8 Å². The van der Waals surface area contributed by atoms with Crippen LogP contribution in [0.5, 0.6) is 0 Å². The monoisotopic (exact) mass is 500 g/mol. The third-order valence-electron chi connectivity index (χ3n) is 4.71. The summed E-state index contributed by atoms with van der Waals surface area (Å²) < 4.78 is 0. The van der Waals surface area contributed by atoms with Crippen molar-refractivity contribution in [2.45, 2.75) is 75.7 Å². The first-order valence-electron chi connectivity index (χ1n) is 13.4.